The van der Waals surface area contributed by atoms with E-state index >= 15 is 0 Å². The summed E-state index contributed by atoms with van der Waals surface area (Å²) in [5, 5.41) is 13.4. The molecular formula is C23H25N7O3S. The first kappa shape index (κ1) is 22.1. The monoisotopic (exact) mass is 479 g/mol. The average molecular weight is 480 g/mol. The lowest BCUT2D eigenvalue weighted by molar-refractivity contribution is -0.122. The highest BCUT2D eigenvalue weighted by Crippen LogP contribution is 2.34. The van der Waals surface area contributed by atoms with Gasteiger partial charge in [0.05, 0.1) is 47.6 Å². The molecule has 176 valence electrons. The number of pyridine rings is 1. The Balaban J connectivity index is 1.32. The molecule has 0 radical (unpaired) electrons. The van der Waals surface area contributed by atoms with Crippen molar-refractivity contribution >= 4 is 28.0 Å². The first-order valence-electron chi connectivity index (χ1n) is 11.0. The van der Waals surface area contributed by atoms with Gasteiger partial charge in [-0.15, -0.1) is 11.3 Å². The lowest BCUT2D eigenvalue weighted by atomic mass is 10.1. The number of carbonyl (C=O) groups is 2. The number of ether oxygens (including phenoxy) is 1. The number of thiazole rings is 1. The second-order valence-corrected chi connectivity index (χ2v) is 9.21. The molecule has 1 unspecified atom stereocenters. The van der Waals surface area contributed by atoms with Crippen molar-refractivity contribution in [2.24, 2.45) is 0 Å². The molecule has 0 spiro atoms. The van der Waals surface area contributed by atoms with Gasteiger partial charge in [0.15, 0.2) is 0 Å². The Morgan fingerprint density at radius 1 is 1.32 bits per heavy atom. The van der Waals surface area contributed by atoms with Crippen LogP contribution in [0.25, 0.3) is 15.3 Å². The number of nitrogens with one attached hydrogen (secondary N) is 3. The Kier molecular flexibility index (Phi) is 6.03. The minimum Gasteiger partial charge on any atom is -0.481 e. The van der Waals surface area contributed by atoms with Gasteiger partial charge in [0.1, 0.15) is 4.83 Å². The molecule has 2 amide bonds. The smallest absolute Gasteiger partial charge is 0.260 e. The summed E-state index contributed by atoms with van der Waals surface area (Å²) in [4.78, 5) is 33.3. The average Bonchev–Trinajstić information content (AvgIpc) is 3.39. The molecule has 1 fully saturated rings. The van der Waals surface area contributed by atoms with Crippen molar-refractivity contribution in [2.45, 2.75) is 19.4 Å². The van der Waals surface area contributed by atoms with E-state index in [2.05, 4.69) is 30.9 Å². The Hall–Kier alpha value is -3.70. The summed E-state index contributed by atoms with van der Waals surface area (Å²) in [7, 11) is 1.58. The molecule has 11 heteroatoms. The molecule has 0 bridgehead atoms. The van der Waals surface area contributed by atoms with Crippen molar-refractivity contribution in [3.8, 4) is 16.3 Å². The molecule has 0 aliphatic carbocycles. The predicted molar refractivity (Wildman–Crippen MR) is 128 cm³/mol. The van der Waals surface area contributed by atoms with Crippen molar-refractivity contribution in [1.82, 2.24) is 35.4 Å². The molecule has 5 rings (SSSR count). The third-order valence-corrected chi connectivity index (χ3v) is 6.94. The fraction of sp³-hybridized carbons (Fsp3) is 0.304. The van der Waals surface area contributed by atoms with E-state index in [9.17, 15) is 9.59 Å². The Labute approximate surface area is 200 Å². The molecule has 0 saturated carbocycles. The number of hydrogen-bond donors (Lipinski definition) is 3. The van der Waals surface area contributed by atoms with Crippen LogP contribution in [0, 0.1) is 0 Å². The van der Waals surface area contributed by atoms with Gasteiger partial charge in [-0.1, -0.05) is 0 Å². The number of dihydropyridines is 1. The minimum atomic E-state index is -0.269. The van der Waals surface area contributed by atoms with E-state index in [1.807, 2.05) is 25.3 Å². The van der Waals surface area contributed by atoms with E-state index in [0.717, 1.165) is 30.0 Å². The van der Waals surface area contributed by atoms with Crippen LogP contribution in [0.1, 0.15) is 23.7 Å². The lowest BCUT2D eigenvalue weighted by Gasteiger charge is -2.30. The van der Waals surface area contributed by atoms with Crippen LogP contribution >= 0.6 is 11.3 Å². The van der Waals surface area contributed by atoms with Crippen LogP contribution < -0.4 is 20.7 Å². The normalized spacial score (nSPS) is 17.9. The Morgan fingerprint density at radius 2 is 2.18 bits per heavy atom. The Morgan fingerprint density at radius 3 is 2.94 bits per heavy atom. The molecule has 2 aliphatic rings. The van der Waals surface area contributed by atoms with Crippen molar-refractivity contribution in [3.63, 3.8) is 0 Å². The summed E-state index contributed by atoms with van der Waals surface area (Å²) in [5.74, 6) is 0.176. The minimum absolute atomic E-state index is 0.0699. The van der Waals surface area contributed by atoms with Crippen LogP contribution in [-0.2, 0) is 4.79 Å². The predicted octanol–water partition coefficient (Wildman–Crippen LogP) is 1.74. The Bertz CT molecular complexity index is 1300. The summed E-state index contributed by atoms with van der Waals surface area (Å²) in [6.45, 7) is 4.22. The highest BCUT2D eigenvalue weighted by Gasteiger charge is 2.22. The van der Waals surface area contributed by atoms with Crippen LogP contribution in [0.5, 0.6) is 5.88 Å². The number of aromatic nitrogens is 3. The van der Waals surface area contributed by atoms with Gasteiger partial charge in [-0.2, -0.15) is 5.10 Å². The third-order valence-electron chi connectivity index (χ3n) is 5.79. The highest BCUT2D eigenvalue weighted by molar-refractivity contribution is 7.21. The summed E-state index contributed by atoms with van der Waals surface area (Å²) < 4.78 is 7.05. The number of likely N-dealkylation sites (tertiary alicyclic amines) is 1. The summed E-state index contributed by atoms with van der Waals surface area (Å²) >= 11 is 1.44. The van der Waals surface area contributed by atoms with E-state index in [1.54, 1.807) is 36.3 Å². The first-order valence-corrected chi connectivity index (χ1v) is 11.8. The molecule has 3 aromatic rings. The fourth-order valence-electron chi connectivity index (χ4n) is 3.80. The van der Waals surface area contributed by atoms with Gasteiger partial charge < -0.3 is 20.7 Å². The van der Waals surface area contributed by atoms with Gasteiger partial charge in [0.2, 0.25) is 11.8 Å². The van der Waals surface area contributed by atoms with Gasteiger partial charge in [0, 0.05) is 24.3 Å². The quantitative estimate of drug-likeness (QED) is 0.473. The van der Waals surface area contributed by atoms with Crippen LogP contribution in [0.15, 0.2) is 54.4 Å². The number of rotatable bonds is 7. The van der Waals surface area contributed by atoms with Gasteiger partial charge in [-0.05, 0) is 44.6 Å². The SMILES string of the molecule is COc1ncccc1-c1cn2ncc(C(=O)NC3=CC(NC(=O)CN4CCC4)=CNC3C)c2s1. The number of nitrogens with zero attached hydrogens (tertiary/aromatic N) is 4. The number of methoxy groups -OCH3 is 1. The zero-order chi connectivity index (χ0) is 23.7. The van der Waals surface area contributed by atoms with E-state index in [4.69, 9.17) is 4.74 Å². The van der Waals surface area contributed by atoms with E-state index in [1.165, 1.54) is 11.3 Å². The summed E-state index contributed by atoms with van der Waals surface area (Å²) in [6.07, 6.45) is 9.75. The van der Waals surface area contributed by atoms with Crippen molar-refractivity contribution in [1.29, 1.82) is 0 Å². The topological polar surface area (TPSA) is 113 Å². The largest absolute Gasteiger partial charge is 0.481 e. The number of fused-ring (bicyclic) bond motifs is 1. The second-order valence-electron chi connectivity index (χ2n) is 8.18. The molecule has 34 heavy (non-hydrogen) atoms. The van der Waals surface area contributed by atoms with Gasteiger partial charge in [-0.3, -0.25) is 14.5 Å². The van der Waals surface area contributed by atoms with E-state index in [0.29, 0.717) is 34.2 Å². The highest BCUT2D eigenvalue weighted by atomic mass is 32.1. The van der Waals surface area contributed by atoms with Crippen LogP contribution in [0.4, 0.5) is 0 Å². The zero-order valence-electron chi connectivity index (χ0n) is 18.9. The molecule has 2 aliphatic heterocycles. The molecule has 1 saturated heterocycles. The maximum atomic E-state index is 13.1. The molecule has 10 nitrogen and oxygen atoms in total. The molecule has 3 N–H and O–H groups in total. The first-order chi connectivity index (χ1) is 16.5. The van der Waals surface area contributed by atoms with Crippen LogP contribution in [-0.4, -0.2) is 64.1 Å². The van der Waals surface area contributed by atoms with Gasteiger partial charge in [0.25, 0.3) is 5.91 Å². The van der Waals surface area contributed by atoms with Crippen LogP contribution in [0.2, 0.25) is 0 Å². The molecule has 5 heterocycles. The van der Waals surface area contributed by atoms with Gasteiger partial charge >= 0.3 is 0 Å². The summed E-state index contributed by atoms with van der Waals surface area (Å²) in [5.41, 5.74) is 2.58. The van der Waals surface area contributed by atoms with Crippen LogP contribution in [0.3, 0.4) is 0 Å². The maximum Gasteiger partial charge on any atom is 0.260 e. The van der Waals surface area contributed by atoms with Crippen molar-refractivity contribution < 1.29 is 14.3 Å². The third kappa shape index (κ3) is 4.39. The standard InChI is InChI=1S/C23H25N7O3S/c1-14-18(9-15(10-25-14)27-20(31)13-29-7-4-8-29)28-21(32)17-11-26-30-12-19(34-23(17)30)16-5-3-6-24-22(16)33-2/h3,5-6,9-12,14,25H,4,7-8,13H2,1-2H3,(H,27,31)(H,28,32). The van der Waals surface area contributed by atoms with Gasteiger partial charge in [-0.25, -0.2) is 9.50 Å². The lowest BCUT2D eigenvalue weighted by Crippen LogP contribution is -2.45. The summed E-state index contributed by atoms with van der Waals surface area (Å²) in [6, 6.07) is 3.64. The van der Waals surface area contributed by atoms with E-state index < -0.39 is 0 Å². The number of hydrogen-bond acceptors (Lipinski definition) is 8. The number of amides is 2. The van der Waals surface area contributed by atoms with E-state index in [-0.39, 0.29) is 17.9 Å². The molecule has 0 aromatic carbocycles. The molecular weight excluding hydrogens is 454 g/mol. The fourth-order valence-corrected chi connectivity index (χ4v) is 4.88. The number of allylic oxidation sites excluding steroid dienone is 1. The van der Waals surface area contributed by atoms with Crippen molar-refractivity contribution in [3.05, 3.63) is 60.0 Å². The van der Waals surface area contributed by atoms with Crippen molar-refractivity contribution in [2.75, 3.05) is 26.7 Å². The zero-order valence-corrected chi connectivity index (χ0v) is 19.7. The maximum absolute atomic E-state index is 13.1. The molecule has 1 atom stereocenters. The second kappa shape index (κ2) is 9.27. The molecule has 3 aromatic heterocycles. The number of carbonyl (C=O) groups excluding carboxylic acids is 2.